The molecular formula is C13H16. The molecule has 0 atom stereocenters. The van der Waals surface area contributed by atoms with Crippen molar-refractivity contribution in [2.75, 3.05) is 0 Å². The van der Waals surface area contributed by atoms with E-state index in [2.05, 4.69) is 44.7 Å². The molecule has 0 amide bonds. The van der Waals surface area contributed by atoms with Gasteiger partial charge in [-0.25, -0.2) is 0 Å². The van der Waals surface area contributed by atoms with Crippen LogP contribution in [0.4, 0.5) is 0 Å². The number of hydrogen-bond donors (Lipinski definition) is 0. The van der Waals surface area contributed by atoms with Gasteiger partial charge in [0.05, 0.1) is 0 Å². The van der Waals surface area contributed by atoms with Gasteiger partial charge in [0, 0.05) is 0 Å². The van der Waals surface area contributed by atoms with Crippen LogP contribution >= 0.6 is 0 Å². The molecule has 1 aromatic carbocycles. The van der Waals surface area contributed by atoms with Crippen LogP contribution in [0.3, 0.4) is 0 Å². The maximum absolute atomic E-state index is 3.80. The van der Waals surface area contributed by atoms with Crippen LogP contribution in [-0.4, -0.2) is 0 Å². The molecule has 0 N–H and O–H groups in total. The minimum atomic E-state index is 1.10. The van der Waals surface area contributed by atoms with Crippen LogP contribution in [0, 0.1) is 0 Å². The van der Waals surface area contributed by atoms with Gasteiger partial charge in [-0.3, -0.25) is 0 Å². The summed E-state index contributed by atoms with van der Waals surface area (Å²) < 4.78 is 0. The molecule has 0 saturated heterocycles. The minimum absolute atomic E-state index is 1.10. The molecule has 0 aromatic heterocycles. The highest BCUT2D eigenvalue weighted by Crippen LogP contribution is 2.15. The quantitative estimate of drug-likeness (QED) is 0.642. The van der Waals surface area contributed by atoms with Gasteiger partial charge in [-0.2, -0.15) is 0 Å². The van der Waals surface area contributed by atoms with Crippen LogP contribution in [0.5, 0.6) is 0 Å². The molecule has 0 spiro atoms. The van der Waals surface area contributed by atoms with E-state index in [1.807, 2.05) is 12.1 Å². The molecule has 0 unspecified atom stereocenters. The largest absolute Gasteiger partial charge is 0.0984 e. The van der Waals surface area contributed by atoms with Crippen molar-refractivity contribution in [2.24, 2.45) is 0 Å². The Bertz CT molecular complexity index is 319. The zero-order chi connectivity index (χ0) is 9.68. The summed E-state index contributed by atoms with van der Waals surface area (Å²) in [5.41, 5.74) is 3.86. The van der Waals surface area contributed by atoms with Gasteiger partial charge in [0.25, 0.3) is 0 Å². The SMILES string of the molecule is C=Cc1ccccc1C=C(C)CC. The van der Waals surface area contributed by atoms with Crippen molar-refractivity contribution >= 4 is 12.2 Å². The van der Waals surface area contributed by atoms with Gasteiger partial charge in [-0.1, -0.05) is 55.5 Å². The van der Waals surface area contributed by atoms with E-state index in [1.54, 1.807) is 0 Å². The predicted molar refractivity (Wildman–Crippen MR) is 60.5 cm³/mol. The van der Waals surface area contributed by atoms with Gasteiger partial charge in [0.2, 0.25) is 0 Å². The fraction of sp³-hybridized carbons (Fsp3) is 0.231. The van der Waals surface area contributed by atoms with Crippen molar-refractivity contribution < 1.29 is 0 Å². The van der Waals surface area contributed by atoms with Gasteiger partial charge in [0.15, 0.2) is 0 Å². The normalized spacial score (nSPS) is 11.4. The maximum Gasteiger partial charge on any atom is -0.0185 e. The number of rotatable bonds is 3. The molecule has 1 aromatic rings. The fourth-order valence-electron chi connectivity index (χ4n) is 1.20. The Morgan fingerprint density at radius 3 is 2.46 bits per heavy atom. The lowest BCUT2D eigenvalue weighted by Gasteiger charge is -2.01. The van der Waals surface area contributed by atoms with Crippen molar-refractivity contribution in [3.63, 3.8) is 0 Å². The third kappa shape index (κ3) is 2.59. The summed E-state index contributed by atoms with van der Waals surface area (Å²) in [6, 6.07) is 8.30. The van der Waals surface area contributed by atoms with Gasteiger partial charge >= 0.3 is 0 Å². The second-order valence-electron chi connectivity index (χ2n) is 3.18. The summed E-state index contributed by atoms with van der Waals surface area (Å²) >= 11 is 0. The highest BCUT2D eigenvalue weighted by atomic mass is 14.0. The Hall–Kier alpha value is -1.30. The predicted octanol–water partition coefficient (Wildman–Crippen LogP) is 4.14. The summed E-state index contributed by atoms with van der Waals surface area (Å²) in [6.07, 6.45) is 5.22. The number of benzene rings is 1. The van der Waals surface area contributed by atoms with Gasteiger partial charge < -0.3 is 0 Å². The number of hydrogen-bond acceptors (Lipinski definition) is 0. The lowest BCUT2D eigenvalue weighted by Crippen LogP contribution is -1.80. The van der Waals surface area contributed by atoms with Gasteiger partial charge in [-0.15, -0.1) is 0 Å². The van der Waals surface area contributed by atoms with Crippen molar-refractivity contribution in [3.05, 3.63) is 47.5 Å². The maximum atomic E-state index is 3.80. The van der Waals surface area contributed by atoms with E-state index in [4.69, 9.17) is 0 Å². The lowest BCUT2D eigenvalue weighted by atomic mass is 10.0. The van der Waals surface area contributed by atoms with Crippen molar-refractivity contribution in [2.45, 2.75) is 20.3 Å². The second-order valence-corrected chi connectivity index (χ2v) is 3.18. The molecular weight excluding hydrogens is 156 g/mol. The molecule has 0 saturated carbocycles. The van der Waals surface area contributed by atoms with Crippen LogP contribution in [-0.2, 0) is 0 Å². The molecule has 68 valence electrons. The Balaban J connectivity index is 3.06. The van der Waals surface area contributed by atoms with Crippen molar-refractivity contribution in [3.8, 4) is 0 Å². The van der Waals surface area contributed by atoms with E-state index >= 15 is 0 Å². The molecule has 0 aliphatic rings. The molecule has 0 aliphatic heterocycles. The first-order valence-corrected chi connectivity index (χ1v) is 4.66. The Morgan fingerprint density at radius 1 is 1.31 bits per heavy atom. The molecule has 1 rings (SSSR count). The smallest absolute Gasteiger partial charge is 0.0185 e. The third-order valence-electron chi connectivity index (χ3n) is 2.18. The van der Waals surface area contributed by atoms with Crippen LogP contribution in [0.2, 0.25) is 0 Å². The first kappa shape index (κ1) is 9.79. The monoisotopic (exact) mass is 172 g/mol. The van der Waals surface area contributed by atoms with E-state index in [0.29, 0.717) is 0 Å². The Kier molecular flexibility index (Phi) is 3.51. The van der Waals surface area contributed by atoms with Crippen LogP contribution in [0.15, 0.2) is 36.4 Å². The van der Waals surface area contributed by atoms with Crippen LogP contribution in [0.1, 0.15) is 31.4 Å². The molecule has 0 heterocycles. The summed E-state index contributed by atoms with van der Waals surface area (Å²) in [4.78, 5) is 0. The van der Waals surface area contributed by atoms with E-state index in [9.17, 15) is 0 Å². The lowest BCUT2D eigenvalue weighted by molar-refractivity contribution is 1.11. The van der Waals surface area contributed by atoms with E-state index < -0.39 is 0 Å². The van der Waals surface area contributed by atoms with E-state index in [0.717, 1.165) is 6.42 Å². The molecule has 13 heavy (non-hydrogen) atoms. The summed E-state index contributed by atoms with van der Waals surface area (Å²) in [6.45, 7) is 8.12. The van der Waals surface area contributed by atoms with E-state index in [1.165, 1.54) is 16.7 Å². The zero-order valence-corrected chi connectivity index (χ0v) is 8.38. The van der Waals surface area contributed by atoms with E-state index in [-0.39, 0.29) is 0 Å². The molecule has 0 aliphatic carbocycles. The molecule has 0 heteroatoms. The zero-order valence-electron chi connectivity index (χ0n) is 8.38. The Labute approximate surface area is 80.6 Å². The third-order valence-corrected chi connectivity index (χ3v) is 2.18. The topological polar surface area (TPSA) is 0 Å². The van der Waals surface area contributed by atoms with Gasteiger partial charge in [-0.05, 0) is 24.5 Å². The summed E-state index contributed by atoms with van der Waals surface area (Å²) in [7, 11) is 0. The van der Waals surface area contributed by atoms with Crippen molar-refractivity contribution in [1.82, 2.24) is 0 Å². The summed E-state index contributed by atoms with van der Waals surface area (Å²) in [5, 5.41) is 0. The molecule has 0 nitrogen and oxygen atoms in total. The second kappa shape index (κ2) is 4.66. The van der Waals surface area contributed by atoms with Crippen LogP contribution < -0.4 is 0 Å². The standard InChI is InChI=1S/C13H16/c1-4-11(3)10-13-9-7-6-8-12(13)5-2/h5-10H,2,4H2,1,3H3. The molecule has 0 bridgehead atoms. The highest BCUT2D eigenvalue weighted by Gasteiger charge is 1.93. The average molecular weight is 172 g/mol. The first-order valence-electron chi connectivity index (χ1n) is 4.66. The summed E-state index contributed by atoms with van der Waals surface area (Å²) in [5.74, 6) is 0. The van der Waals surface area contributed by atoms with Crippen molar-refractivity contribution in [1.29, 1.82) is 0 Å². The molecule has 0 radical (unpaired) electrons. The first-order chi connectivity index (χ1) is 6.27. The van der Waals surface area contributed by atoms with Gasteiger partial charge in [0.1, 0.15) is 0 Å². The Morgan fingerprint density at radius 2 is 1.92 bits per heavy atom. The highest BCUT2D eigenvalue weighted by molar-refractivity contribution is 5.65. The fourth-order valence-corrected chi connectivity index (χ4v) is 1.20. The minimum Gasteiger partial charge on any atom is -0.0984 e. The molecule has 0 fully saturated rings. The number of allylic oxidation sites excluding steroid dienone is 1. The van der Waals surface area contributed by atoms with Crippen LogP contribution in [0.25, 0.3) is 12.2 Å². The average Bonchev–Trinajstić information content (AvgIpc) is 2.18.